The van der Waals surface area contributed by atoms with Gasteiger partial charge in [0.1, 0.15) is 12.7 Å². The molecule has 3 unspecified atom stereocenters. The van der Waals surface area contributed by atoms with E-state index in [1.54, 1.807) is 24.3 Å². The SMILES string of the molecule is COc1cc2c(cc1OCC(F)F)C1CC(OC(C)=O)CCC1N=C2c1ccc(C#N)cc1. The molecule has 0 N–H and O–H groups in total. The van der Waals surface area contributed by atoms with Crippen LogP contribution in [0.5, 0.6) is 11.5 Å². The molecule has 8 heteroatoms. The van der Waals surface area contributed by atoms with Gasteiger partial charge in [-0.05, 0) is 49.1 Å². The van der Waals surface area contributed by atoms with E-state index in [4.69, 9.17) is 24.5 Å². The summed E-state index contributed by atoms with van der Waals surface area (Å²) in [5.74, 6) is 0.194. The molecule has 0 radical (unpaired) electrons. The third-order valence-electron chi connectivity index (χ3n) is 6.04. The molecule has 2 aliphatic rings. The van der Waals surface area contributed by atoms with Crippen LogP contribution in [0.2, 0.25) is 0 Å². The first-order valence-electron chi connectivity index (χ1n) is 10.8. The Balaban J connectivity index is 1.80. The van der Waals surface area contributed by atoms with Crippen molar-refractivity contribution in [3.05, 3.63) is 58.7 Å². The van der Waals surface area contributed by atoms with E-state index in [0.29, 0.717) is 24.2 Å². The van der Waals surface area contributed by atoms with Crippen molar-refractivity contribution in [3.63, 3.8) is 0 Å². The fraction of sp³-hybridized carbons (Fsp3) is 0.400. The van der Waals surface area contributed by atoms with Crippen LogP contribution in [-0.2, 0) is 9.53 Å². The highest BCUT2D eigenvalue weighted by atomic mass is 19.3. The van der Waals surface area contributed by atoms with Gasteiger partial charge >= 0.3 is 5.97 Å². The molecule has 1 saturated carbocycles. The van der Waals surface area contributed by atoms with Gasteiger partial charge in [-0.3, -0.25) is 9.79 Å². The fourth-order valence-electron chi connectivity index (χ4n) is 4.63. The zero-order valence-electron chi connectivity index (χ0n) is 18.4. The monoisotopic (exact) mass is 454 g/mol. The van der Waals surface area contributed by atoms with Crippen LogP contribution in [0.4, 0.5) is 8.78 Å². The van der Waals surface area contributed by atoms with Gasteiger partial charge in [0, 0.05) is 24.0 Å². The molecule has 33 heavy (non-hydrogen) atoms. The van der Waals surface area contributed by atoms with Gasteiger partial charge in [-0.15, -0.1) is 0 Å². The molecule has 2 aromatic carbocycles. The average molecular weight is 454 g/mol. The fourth-order valence-corrected chi connectivity index (χ4v) is 4.63. The van der Waals surface area contributed by atoms with Crippen molar-refractivity contribution in [1.82, 2.24) is 0 Å². The summed E-state index contributed by atoms with van der Waals surface area (Å²) in [6.45, 7) is 0.652. The van der Waals surface area contributed by atoms with Crippen LogP contribution in [0, 0.1) is 11.3 Å². The molecule has 1 fully saturated rings. The number of methoxy groups -OCH3 is 1. The molecule has 0 amide bonds. The quantitative estimate of drug-likeness (QED) is 0.595. The molecule has 0 saturated heterocycles. The van der Waals surface area contributed by atoms with Crippen molar-refractivity contribution in [1.29, 1.82) is 5.26 Å². The Kier molecular flexibility index (Phi) is 6.59. The highest BCUT2D eigenvalue weighted by Gasteiger charge is 2.38. The second kappa shape index (κ2) is 9.57. The third kappa shape index (κ3) is 4.82. The van der Waals surface area contributed by atoms with E-state index >= 15 is 0 Å². The van der Waals surface area contributed by atoms with Gasteiger partial charge in [0.15, 0.2) is 11.5 Å². The number of fused-ring (bicyclic) bond motifs is 3. The number of carbonyl (C=O) groups excluding carboxylic acids is 1. The van der Waals surface area contributed by atoms with Crippen molar-refractivity contribution in [2.45, 2.75) is 50.7 Å². The molecule has 1 aliphatic carbocycles. The number of esters is 1. The number of hydrogen-bond acceptors (Lipinski definition) is 6. The lowest BCUT2D eigenvalue weighted by Crippen LogP contribution is -2.36. The second-order valence-electron chi connectivity index (χ2n) is 8.18. The Morgan fingerprint density at radius 2 is 1.97 bits per heavy atom. The van der Waals surface area contributed by atoms with Crippen molar-refractivity contribution in [2.24, 2.45) is 4.99 Å². The number of alkyl halides is 2. The van der Waals surface area contributed by atoms with Crippen molar-refractivity contribution < 1.29 is 27.8 Å². The van der Waals surface area contributed by atoms with Crippen LogP contribution in [0.3, 0.4) is 0 Å². The lowest BCUT2D eigenvalue weighted by atomic mass is 9.74. The number of benzene rings is 2. The molecule has 172 valence electrons. The van der Waals surface area contributed by atoms with Gasteiger partial charge in [0.25, 0.3) is 6.43 Å². The maximum Gasteiger partial charge on any atom is 0.302 e. The van der Waals surface area contributed by atoms with Gasteiger partial charge < -0.3 is 14.2 Å². The zero-order valence-corrected chi connectivity index (χ0v) is 18.4. The third-order valence-corrected chi connectivity index (χ3v) is 6.04. The Morgan fingerprint density at radius 3 is 2.61 bits per heavy atom. The van der Waals surface area contributed by atoms with Gasteiger partial charge in [-0.1, -0.05) is 12.1 Å². The van der Waals surface area contributed by atoms with E-state index in [1.165, 1.54) is 14.0 Å². The van der Waals surface area contributed by atoms with Crippen LogP contribution in [-0.4, -0.2) is 44.0 Å². The summed E-state index contributed by atoms with van der Waals surface area (Å²) < 4.78 is 41.9. The Morgan fingerprint density at radius 1 is 1.21 bits per heavy atom. The normalized spacial score (nSPS) is 21.3. The van der Waals surface area contributed by atoms with Gasteiger partial charge in [0.2, 0.25) is 0 Å². The van der Waals surface area contributed by atoms with Gasteiger partial charge in [0.05, 0.1) is 30.5 Å². The van der Waals surface area contributed by atoms with Gasteiger partial charge in [-0.2, -0.15) is 5.26 Å². The highest BCUT2D eigenvalue weighted by molar-refractivity contribution is 6.15. The average Bonchev–Trinajstić information content (AvgIpc) is 2.81. The summed E-state index contributed by atoms with van der Waals surface area (Å²) in [6, 6.07) is 12.7. The minimum atomic E-state index is -2.61. The number of nitrogens with zero attached hydrogens (tertiary/aromatic N) is 2. The zero-order chi connectivity index (χ0) is 23.5. The molecule has 4 rings (SSSR count). The van der Waals surface area contributed by atoms with E-state index in [-0.39, 0.29) is 29.8 Å². The van der Waals surface area contributed by atoms with Crippen LogP contribution >= 0.6 is 0 Å². The highest BCUT2D eigenvalue weighted by Crippen LogP contribution is 2.45. The van der Waals surface area contributed by atoms with Crippen LogP contribution in [0.25, 0.3) is 0 Å². The molecule has 6 nitrogen and oxygen atoms in total. The number of ether oxygens (including phenoxy) is 3. The molecular weight excluding hydrogens is 430 g/mol. The summed E-state index contributed by atoms with van der Waals surface area (Å²) in [7, 11) is 1.46. The van der Waals surface area contributed by atoms with Crippen molar-refractivity contribution >= 4 is 11.7 Å². The second-order valence-corrected chi connectivity index (χ2v) is 8.18. The Bertz CT molecular complexity index is 1110. The van der Waals surface area contributed by atoms with Crippen LogP contribution in [0.1, 0.15) is 54.4 Å². The number of nitriles is 1. The largest absolute Gasteiger partial charge is 0.493 e. The number of rotatable bonds is 6. The Hall–Kier alpha value is -3.47. The van der Waals surface area contributed by atoms with Crippen LogP contribution in [0.15, 0.2) is 41.4 Å². The molecule has 3 atom stereocenters. The van der Waals surface area contributed by atoms with Gasteiger partial charge in [-0.25, -0.2) is 8.78 Å². The molecule has 0 aromatic heterocycles. The maximum atomic E-state index is 12.8. The molecular formula is C25H24F2N2O4. The molecule has 1 heterocycles. The predicted molar refractivity (Wildman–Crippen MR) is 117 cm³/mol. The molecule has 0 bridgehead atoms. The number of hydrogen-bond donors (Lipinski definition) is 0. The lowest BCUT2D eigenvalue weighted by Gasteiger charge is -2.38. The standard InChI is InChI=1S/C25H24F2N2O4/c1-14(30)33-17-7-8-21-19(9-17)18-10-23(32-13-24(26)27)22(31-2)11-20(18)25(29-21)16-5-3-15(12-28)4-6-16/h3-6,10-11,17,19,21,24H,7-9,13H2,1-2H3. The summed E-state index contributed by atoms with van der Waals surface area (Å²) in [5.41, 5.74) is 3.85. The van der Waals surface area contributed by atoms with Crippen molar-refractivity contribution in [2.75, 3.05) is 13.7 Å². The summed E-state index contributed by atoms with van der Waals surface area (Å²) in [6.07, 6.45) is -0.832. The van der Waals surface area contributed by atoms with E-state index in [9.17, 15) is 13.6 Å². The minimum Gasteiger partial charge on any atom is -0.493 e. The summed E-state index contributed by atoms with van der Waals surface area (Å²) in [4.78, 5) is 16.6. The number of aliphatic imine (C=N–C) groups is 1. The van der Waals surface area contributed by atoms with E-state index in [1.807, 2.05) is 12.1 Å². The molecule has 1 aliphatic heterocycles. The summed E-state index contributed by atoms with van der Waals surface area (Å²) in [5, 5.41) is 9.13. The summed E-state index contributed by atoms with van der Waals surface area (Å²) >= 11 is 0. The first-order valence-corrected chi connectivity index (χ1v) is 10.8. The molecule has 0 spiro atoms. The van der Waals surface area contributed by atoms with Crippen molar-refractivity contribution in [3.8, 4) is 17.6 Å². The van der Waals surface area contributed by atoms with Crippen LogP contribution < -0.4 is 9.47 Å². The predicted octanol–water partition coefficient (Wildman–Crippen LogP) is 4.63. The maximum absolute atomic E-state index is 12.8. The Labute approximate surface area is 190 Å². The van der Waals surface area contributed by atoms with E-state index in [0.717, 1.165) is 28.8 Å². The number of halogens is 2. The first kappa shape index (κ1) is 22.7. The van der Waals surface area contributed by atoms with E-state index < -0.39 is 13.0 Å². The minimum absolute atomic E-state index is 0.0497. The topological polar surface area (TPSA) is 80.9 Å². The smallest absolute Gasteiger partial charge is 0.302 e. The lowest BCUT2D eigenvalue weighted by molar-refractivity contribution is -0.148. The number of carbonyl (C=O) groups is 1. The first-order chi connectivity index (χ1) is 15.9. The molecule has 2 aromatic rings. The van der Waals surface area contributed by atoms with E-state index in [2.05, 4.69) is 6.07 Å².